The topological polar surface area (TPSA) is 52.6 Å². The van der Waals surface area contributed by atoms with Crippen molar-refractivity contribution in [3.8, 4) is 0 Å². The van der Waals surface area contributed by atoms with E-state index in [2.05, 4.69) is 5.32 Å². The highest BCUT2D eigenvalue weighted by Crippen LogP contribution is 2.27. The van der Waals surface area contributed by atoms with Crippen LogP contribution in [0.5, 0.6) is 0 Å². The van der Waals surface area contributed by atoms with Gasteiger partial charge in [0.05, 0.1) is 12.6 Å². The lowest BCUT2D eigenvalue weighted by Gasteiger charge is -2.29. The number of nitrogens with one attached hydrogen (secondary N) is 1. The largest absolute Gasteiger partial charge is 0.395 e. The van der Waals surface area contributed by atoms with E-state index in [1.807, 2.05) is 4.90 Å². The predicted octanol–water partition coefficient (Wildman–Crippen LogP) is 0.112. The Balaban J connectivity index is 1.90. The third-order valence-corrected chi connectivity index (χ3v) is 3.22. The zero-order valence-corrected chi connectivity index (χ0v) is 9.11. The predicted molar refractivity (Wildman–Crippen MR) is 57.5 cm³/mol. The first kappa shape index (κ1) is 10.9. The monoisotopic (exact) mass is 212 g/mol. The van der Waals surface area contributed by atoms with Crippen molar-refractivity contribution >= 4 is 5.91 Å². The first-order chi connectivity index (χ1) is 7.33. The van der Waals surface area contributed by atoms with Crippen molar-refractivity contribution < 1.29 is 9.90 Å². The SMILES string of the molecule is O=C(C1CCCCN1)N(CCO)C1CC1. The highest BCUT2D eigenvalue weighted by atomic mass is 16.3. The van der Waals surface area contributed by atoms with Gasteiger partial charge in [-0.2, -0.15) is 0 Å². The van der Waals surface area contributed by atoms with Gasteiger partial charge >= 0.3 is 0 Å². The summed E-state index contributed by atoms with van der Waals surface area (Å²) in [4.78, 5) is 14.0. The van der Waals surface area contributed by atoms with Crippen molar-refractivity contribution in [2.45, 2.75) is 44.2 Å². The van der Waals surface area contributed by atoms with Gasteiger partial charge in [0.2, 0.25) is 5.91 Å². The fourth-order valence-electron chi connectivity index (χ4n) is 2.23. The van der Waals surface area contributed by atoms with Crippen LogP contribution in [0.2, 0.25) is 0 Å². The molecular weight excluding hydrogens is 192 g/mol. The van der Waals surface area contributed by atoms with Crippen LogP contribution >= 0.6 is 0 Å². The average Bonchev–Trinajstić information content (AvgIpc) is 3.10. The van der Waals surface area contributed by atoms with Crippen LogP contribution in [0.3, 0.4) is 0 Å². The van der Waals surface area contributed by atoms with Gasteiger partial charge in [0, 0.05) is 12.6 Å². The fourth-order valence-corrected chi connectivity index (χ4v) is 2.23. The summed E-state index contributed by atoms with van der Waals surface area (Å²) in [5, 5.41) is 12.2. The van der Waals surface area contributed by atoms with Crippen molar-refractivity contribution in [3.05, 3.63) is 0 Å². The van der Waals surface area contributed by atoms with E-state index in [-0.39, 0.29) is 18.6 Å². The maximum atomic E-state index is 12.1. The number of carbonyl (C=O) groups excluding carboxylic acids is 1. The molecule has 4 heteroatoms. The van der Waals surface area contributed by atoms with Crippen LogP contribution in [0.1, 0.15) is 32.1 Å². The van der Waals surface area contributed by atoms with Crippen LogP contribution < -0.4 is 5.32 Å². The second-order valence-corrected chi connectivity index (χ2v) is 4.49. The lowest BCUT2D eigenvalue weighted by molar-refractivity contribution is -0.135. The van der Waals surface area contributed by atoms with Gasteiger partial charge in [-0.1, -0.05) is 6.42 Å². The average molecular weight is 212 g/mol. The first-order valence-corrected chi connectivity index (χ1v) is 5.97. The van der Waals surface area contributed by atoms with Gasteiger partial charge in [0.1, 0.15) is 0 Å². The minimum absolute atomic E-state index is 0.00546. The third kappa shape index (κ3) is 2.69. The zero-order chi connectivity index (χ0) is 10.7. The van der Waals surface area contributed by atoms with E-state index in [9.17, 15) is 4.79 Å². The minimum Gasteiger partial charge on any atom is -0.395 e. The molecule has 1 saturated carbocycles. The number of amides is 1. The first-order valence-electron chi connectivity index (χ1n) is 5.97. The van der Waals surface area contributed by atoms with Gasteiger partial charge in [-0.05, 0) is 32.2 Å². The second-order valence-electron chi connectivity index (χ2n) is 4.49. The normalized spacial score (nSPS) is 26.3. The molecule has 0 aromatic heterocycles. The maximum Gasteiger partial charge on any atom is 0.240 e. The Bertz CT molecular complexity index is 223. The molecule has 0 aromatic carbocycles. The summed E-state index contributed by atoms with van der Waals surface area (Å²) >= 11 is 0. The molecule has 1 aliphatic carbocycles. The molecule has 1 aliphatic heterocycles. The van der Waals surface area contributed by atoms with Gasteiger partial charge < -0.3 is 15.3 Å². The number of carbonyl (C=O) groups is 1. The quantitative estimate of drug-likeness (QED) is 0.695. The van der Waals surface area contributed by atoms with Crippen molar-refractivity contribution in [2.24, 2.45) is 0 Å². The summed E-state index contributed by atoms with van der Waals surface area (Å²) in [5.74, 6) is 0.200. The van der Waals surface area contributed by atoms with Gasteiger partial charge in [0.25, 0.3) is 0 Å². The molecule has 2 aliphatic rings. The smallest absolute Gasteiger partial charge is 0.240 e. The Morgan fingerprint density at radius 3 is 2.67 bits per heavy atom. The Morgan fingerprint density at radius 2 is 2.13 bits per heavy atom. The summed E-state index contributed by atoms with van der Waals surface area (Å²) in [6.45, 7) is 1.53. The molecule has 1 saturated heterocycles. The van der Waals surface area contributed by atoms with E-state index in [1.165, 1.54) is 6.42 Å². The van der Waals surface area contributed by atoms with Crippen molar-refractivity contribution in [1.82, 2.24) is 10.2 Å². The lowest BCUT2D eigenvalue weighted by Crippen LogP contribution is -2.50. The summed E-state index contributed by atoms with van der Waals surface area (Å²) in [6, 6.07) is 0.416. The molecule has 1 atom stereocenters. The number of hydrogen-bond acceptors (Lipinski definition) is 3. The second kappa shape index (κ2) is 4.94. The fraction of sp³-hybridized carbons (Fsp3) is 0.909. The lowest BCUT2D eigenvalue weighted by atomic mass is 10.0. The third-order valence-electron chi connectivity index (χ3n) is 3.22. The molecule has 2 N–H and O–H groups in total. The van der Waals surface area contributed by atoms with E-state index in [0.29, 0.717) is 12.6 Å². The van der Waals surface area contributed by atoms with Gasteiger partial charge in [-0.3, -0.25) is 4.79 Å². The number of rotatable bonds is 4. The van der Waals surface area contributed by atoms with Crippen LogP contribution in [0.25, 0.3) is 0 Å². The van der Waals surface area contributed by atoms with E-state index >= 15 is 0 Å². The number of aliphatic hydroxyl groups excluding tert-OH is 1. The molecule has 15 heavy (non-hydrogen) atoms. The van der Waals surface area contributed by atoms with Crippen LogP contribution in [-0.4, -0.2) is 47.7 Å². The Morgan fingerprint density at radius 1 is 1.33 bits per heavy atom. The van der Waals surface area contributed by atoms with E-state index in [1.54, 1.807) is 0 Å². The maximum absolute atomic E-state index is 12.1. The van der Waals surface area contributed by atoms with Gasteiger partial charge in [-0.15, -0.1) is 0 Å². The molecule has 0 spiro atoms. The summed E-state index contributed by atoms with van der Waals surface area (Å²) < 4.78 is 0. The number of hydrogen-bond donors (Lipinski definition) is 2. The Hall–Kier alpha value is -0.610. The molecular formula is C11H20N2O2. The number of aliphatic hydroxyl groups is 1. The van der Waals surface area contributed by atoms with Crippen LogP contribution in [-0.2, 0) is 4.79 Å². The Labute approximate surface area is 90.6 Å². The number of piperidine rings is 1. The zero-order valence-electron chi connectivity index (χ0n) is 9.11. The molecule has 0 bridgehead atoms. The van der Waals surface area contributed by atoms with Gasteiger partial charge in [-0.25, -0.2) is 0 Å². The van der Waals surface area contributed by atoms with Crippen LogP contribution in [0.15, 0.2) is 0 Å². The highest BCUT2D eigenvalue weighted by Gasteiger charge is 2.35. The van der Waals surface area contributed by atoms with Crippen LogP contribution in [0.4, 0.5) is 0 Å². The number of nitrogens with zero attached hydrogens (tertiary/aromatic N) is 1. The molecule has 1 amide bonds. The van der Waals surface area contributed by atoms with E-state index < -0.39 is 0 Å². The van der Waals surface area contributed by atoms with Crippen molar-refractivity contribution in [2.75, 3.05) is 19.7 Å². The molecule has 0 radical (unpaired) electrons. The molecule has 1 heterocycles. The molecule has 2 fully saturated rings. The van der Waals surface area contributed by atoms with Crippen molar-refractivity contribution in [3.63, 3.8) is 0 Å². The molecule has 2 rings (SSSR count). The standard InChI is InChI=1S/C11H20N2O2/c14-8-7-13(9-4-5-9)11(15)10-3-1-2-6-12-10/h9-10,12,14H,1-8H2. The Kier molecular flexibility index (Phi) is 3.59. The highest BCUT2D eigenvalue weighted by molar-refractivity contribution is 5.82. The van der Waals surface area contributed by atoms with E-state index in [0.717, 1.165) is 32.2 Å². The van der Waals surface area contributed by atoms with Crippen molar-refractivity contribution in [1.29, 1.82) is 0 Å². The summed E-state index contributed by atoms with van der Waals surface area (Å²) in [7, 11) is 0. The van der Waals surface area contributed by atoms with Crippen LogP contribution in [0, 0.1) is 0 Å². The van der Waals surface area contributed by atoms with Gasteiger partial charge in [0.15, 0.2) is 0 Å². The molecule has 86 valence electrons. The molecule has 4 nitrogen and oxygen atoms in total. The minimum atomic E-state index is 0.00546. The summed E-state index contributed by atoms with van der Waals surface area (Å²) in [6.07, 6.45) is 5.48. The summed E-state index contributed by atoms with van der Waals surface area (Å²) in [5.41, 5.74) is 0. The van der Waals surface area contributed by atoms with E-state index in [4.69, 9.17) is 5.11 Å². The molecule has 0 aromatic rings. The molecule has 1 unspecified atom stereocenters.